The van der Waals surface area contributed by atoms with Crippen LogP contribution in [0.3, 0.4) is 0 Å². The van der Waals surface area contributed by atoms with Crippen LogP contribution in [0.1, 0.15) is 5.56 Å². The van der Waals surface area contributed by atoms with Crippen molar-refractivity contribution in [3.63, 3.8) is 0 Å². The van der Waals surface area contributed by atoms with Gasteiger partial charge >= 0.3 is 6.18 Å². The lowest BCUT2D eigenvalue weighted by Crippen LogP contribution is -2.19. The third-order valence-electron chi connectivity index (χ3n) is 4.39. The standard InChI is InChI=1S/C17H14F3N5O3S/c1-29(26,27)15-11(17(18,19)20)6-5-9(13(15)16-22-24-25-23-16)10-3-2-4-12-14(10)28-8-7-21-12/h2-6,21H,7-8H2,1H3,(H,22,23,24,25). The van der Waals surface area contributed by atoms with Gasteiger partial charge in [-0.1, -0.05) is 18.2 Å². The zero-order valence-corrected chi connectivity index (χ0v) is 15.7. The summed E-state index contributed by atoms with van der Waals surface area (Å²) in [5.74, 6) is 0.208. The normalized spacial score (nSPS) is 14.1. The van der Waals surface area contributed by atoms with Gasteiger partial charge in [-0.05, 0) is 28.1 Å². The summed E-state index contributed by atoms with van der Waals surface area (Å²) in [6.45, 7) is 0.916. The van der Waals surface area contributed by atoms with Gasteiger partial charge in [0, 0.05) is 23.9 Å². The molecule has 29 heavy (non-hydrogen) atoms. The largest absolute Gasteiger partial charge is 0.489 e. The first-order valence-corrected chi connectivity index (χ1v) is 10.3. The van der Waals surface area contributed by atoms with E-state index < -0.39 is 26.5 Å². The van der Waals surface area contributed by atoms with E-state index in [1.165, 1.54) is 6.07 Å². The summed E-state index contributed by atoms with van der Waals surface area (Å²) in [6, 6.07) is 7.02. The Hall–Kier alpha value is -3.15. The van der Waals surface area contributed by atoms with Crippen LogP contribution in [0.5, 0.6) is 5.75 Å². The van der Waals surface area contributed by atoms with Gasteiger partial charge in [0.25, 0.3) is 0 Å². The van der Waals surface area contributed by atoms with Crippen LogP contribution in [0.25, 0.3) is 22.5 Å². The molecule has 1 aliphatic heterocycles. The zero-order chi connectivity index (χ0) is 20.8. The Bertz CT molecular complexity index is 1180. The number of benzene rings is 2. The fourth-order valence-electron chi connectivity index (χ4n) is 3.30. The van der Waals surface area contributed by atoms with Crippen LogP contribution in [0.2, 0.25) is 0 Å². The Morgan fingerprint density at radius 2 is 1.93 bits per heavy atom. The van der Waals surface area contributed by atoms with Crippen molar-refractivity contribution in [1.82, 2.24) is 20.6 Å². The number of tetrazole rings is 1. The van der Waals surface area contributed by atoms with Crippen molar-refractivity contribution >= 4 is 15.5 Å². The molecule has 2 N–H and O–H groups in total. The number of halogens is 3. The van der Waals surface area contributed by atoms with Gasteiger partial charge in [0.15, 0.2) is 15.7 Å². The molecule has 3 aromatic rings. The molecule has 0 amide bonds. The highest BCUT2D eigenvalue weighted by atomic mass is 32.2. The minimum absolute atomic E-state index is 0.192. The number of rotatable bonds is 3. The minimum atomic E-state index is -4.90. The van der Waals surface area contributed by atoms with Gasteiger partial charge in [0.2, 0.25) is 0 Å². The summed E-state index contributed by atoms with van der Waals surface area (Å²) < 4.78 is 71.6. The molecule has 1 aromatic heterocycles. The van der Waals surface area contributed by atoms with Crippen molar-refractivity contribution < 1.29 is 26.3 Å². The molecule has 0 saturated carbocycles. The smallest absolute Gasteiger partial charge is 0.417 e. The first-order valence-electron chi connectivity index (χ1n) is 8.36. The number of para-hydroxylation sites is 1. The Morgan fingerprint density at radius 3 is 2.59 bits per heavy atom. The second-order valence-corrected chi connectivity index (χ2v) is 8.29. The highest BCUT2D eigenvalue weighted by Crippen LogP contribution is 2.46. The van der Waals surface area contributed by atoms with Crippen LogP contribution < -0.4 is 10.1 Å². The van der Waals surface area contributed by atoms with E-state index in [0.29, 0.717) is 36.4 Å². The molecular formula is C17H14F3N5O3S. The second kappa shape index (κ2) is 6.72. The number of ether oxygens (including phenoxy) is 1. The molecule has 0 spiro atoms. The SMILES string of the molecule is CS(=O)(=O)c1c(C(F)(F)F)ccc(-c2cccc3c2OCCN3)c1-c1nnn[nH]1. The predicted molar refractivity (Wildman–Crippen MR) is 97.1 cm³/mol. The molecule has 0 fully saturated rings. The molecule has 2 aromatic carbocycles. The number of nitrogens with zero attached hydrogens (tertiary/aromatic N) is 3. The van der Waals surface area contributed by atoms with Crippen LogP contribution in [-0.2, 0) is 16.0 Å². The van der Waals surface area contributed by atoms with Crippen LogP contribution in [-0.4, -0.2) is 48.4 Å². The number of anilines is 1. The van der Waals surface area contributed by atoms with E-state index in [0.717, 1.165) is 6.07 Å². The van der Waals surface area contributed by atoms with Crippen molar-refractivity contribution in [2.75, 3.05) is 24.7 Å². The maximum absolute atomic E-state index is 13.6. The van der Waals surface area contributed by atoms with Gasteiger partial charge in [-0.2, -0.15) is 13.2 Å². The molecule has 152 valence electrons. The van der Waals surface area contributed by atoms with Gasteiger partial charge in [0.05, 0.1) is 16.1 Å². The Kier molecular flexibility index (Phi) is 4.45. The van der Waals surface area contributed by atoms with Gasteiger partial charge in [0.1, 0.15) is 12.4 Å². The molecule has 0 aliphatic carbocycles. The molecule has 12 heteroatoms. The monoisotopic (exact) mass is 425 g/mol. The van der Waals surface area contributed by atoms with E-state index in [-0.39, 0.29) is 17.0 Å². The van der Waals surface area contributed by atoms with Crippen LogP contribution >= 0.6 is 0 Å². The van der Waals surface area contributed by atoms with Crippen molar-refractivity contribution in [3.05, 3.63) is 35.9 Å². The van der Waals surface area contributed by atoms with Gasteiger partial charge in [-0.15, -0.1) is 5.10 Å². The summed E-state index contributed by atoms with van der Waals surface area (Å²) in [6.07, 6.45) is -4.18. The average molecular weight is 425 g/mol. The highest BCUT2D eigenvalue weighted by Gasteiger charge is 2.39. The fraction of sp³-hybridized carbons (Fsp3) is 0.235. The van der Waals surface area contributed by atoms with Crippen LogP contribution in [0.4, 0.5) is 18.9 Å². The van der Waals surface area contributed by atoms with Crippen molar-refractivity contribution in [1.29, 1.82) is 0 Å². The number of alkyl halides is 3. The Morgan fingerprint density at radius 1 is 1.14 bits per heavy atom. The topological polar surface area (TPSA) is 110 Å². The summed E-state index contributed by atoms with van der Waals surface area (Å²) in [7, 11) is -4.32. The Balaban J connectivity index is 2.13. The summed E-state index contributed by atoms with van der Waals surface area (Å²) in [4.78, 5) is -0.901. The van der Waals surface area contributed by atoms with Crippen LogP contribution in [0, 0.1) is 0 Å². The second-order valence-electron chi connectivity index (χ2n) is 6.34. The maximum Gasteiger partial charge on any atom is 0.417 e. The lowest BCUT2D eigenvalue weighted by Gasteiger charge is -2.24. The van der Waals surface area contributed by atoms with Gasteiger partial charge in [-0.25, -0.2) is 13.5 Å². The zero-order valence-electron chi connectivity index (χ0n) is 14.9. The number of nitrogens with one attached hydrogen (secondary N) is 2. The highest BCUT2D eigenvalue weighted by molar-refractivity contribution is 7.91. The molecule has 0 unspecified atom stereocenters. The summed E-state index contributed by atoms with van der Waals surface area (Å²) in [5.41, 5.74) is -0.303. The third kappa shape index (κ3) is 3.39. The first kappa shape index (κ1) is 19.2. The number of hydrogen-bond acceptors (Lipinski definition) is 7. The Labute approximate surface area is 163 Å². The molecule has 2 heterocycles. The number of hydrogen-bond donors (Lipinski definition) is 2. The number of fused-ring (bicyclic) bond motifs is 1. The molecule has 8 nitrogen and oxygen atoms in total. The molecule has 0 bridgehead atoms. The molecular weight excluding hydrogens is 411 g/mol. The summed E-state index contributed by atoms with van der Waals surface area (Å²) >= 11 is 0. The molecule has 4 rings (SSSR count). The quantitative estimate of drug-likeness (QED) is 0.664. The van der Waals surface area contributed by atoms with Gasteiger partial charge < -0.3 is 10.1 Å². The number of aromatic nitrogens is 4. The molecule has 0 saturated heterocycles. The van der Waals surface area contributed by atoms with E-state index in [2.05, 4.69) is 25.9 Å². The van der Waals surface area contributed by atoms with E-state index in [1.54, 1.807) is 18.2 Å². The lowest BCUT2D eigenvalue weighted by molar-refractivity contribution is -0.139. The van der Waals surface area contributed by atoms with E-state index in [9.17, 15) is 21.6 Å². The van der Waals surface area contributed by atoms with Gasteiger partial charge in [-0.3, -0.25) is 0 Å². The molecule has 1 aliphatic rings. The van der Waals surface area contributed by atoms with Crippen molar-refractivity contribution in [2.24, 2.45) is 0 Å². The van der Waals surface area contributed by atoms with Crippen molar-refractivity contribution in [3.8, 4) is 28.3 Å². The third-order valence-corrected chi connectivity index (χ3v) is 5.55. The van der Waals surface area contributed by atoms with Crippen LogP contribution in [0.15, 0.2) is 35.2 Å². The molecule has 0 atom stereocenters. The minimum Gasteiger partial charge on any atom is -0.489 e. The average Bonchev–Trinajstić information content (AvgIpc) is 3.19. The van der Waals surface area contributed by atoms with Crippen molar-refractivity contribution in [2.45, 2.75) is 11.1 Å². The number of aromatic amines is 1. The van der Waals surface area contributed by atoms with E-state index in [1.807, 2.05) is 0 Å². The number of H-pyrrole nitrogens is 1. The maximum atomic E-state index is 13.6. The first-order chi connectivity index (χ1) is 13.7. The predicted octanol–water partition coefficient (Wildman–Crippen LogP) is 2.76. The lowest BCUT2D eigenvalue weighted by atomic mass is 9.95. The van der Waals surface area contributed by atoms with E-state index >= 15 is 0 Å². The fourth-order valence-corrected chi connectivity index (χ4v) is 4.46. The summed E-state index contributed by atoms with van der Waals surface area (Å²) in [5, 5.41) is 16.0. The number of sulfone groups is 1. The van der Waals surface area contributed by atoms with E-state index in [4.69, 9.17) is 4.74 Å². The molecule has 0 radical (unpaired) electrons.